The zero-order valence-electron chi connectivity index (χ0n) is 10.5. The molecule has 0 saturated carbocycles. The Balaban J connectivity index is 2.77. The van der Waals surface area contributed by atoms with Crippen LogP contribution in [0, 0.1) is 18.3 Å². The standard InChI is InChI=1S/C14H15N3S/c1-3-5-10-9(2)17-14(16)11(8-15)13(10)12-6-4-7-18-12/h4,6-7H,3,5H2,1-2H3,(H2,16,17). The first-order chi connectivity index (χ1) is 8.69. The van der Waals surface area contributed by atoms with Gasteiger partial charge >= 0.3 is 0 Å². The van der Waals surface area contributed by atoms with Gasteiger partial charge in [-0.05, 0) is 30.4 Å². The SMILES string of the molecule is CCCc1c(C)nc(N)c(C#N)c1-c1cccs1. The van der Waals surface area contributed by atoms with Crippen molar-refractivity contribution in [1.29, 1.82) is 5.26 Å². The summed E-state index contributed by atoms with van der Waals surface area (Å²) < 4.78 is 0. The van der Waals surface area contributed by atoms with Crippen LogP contribution < -0.4 is 5.73 Å². The van der Waals surface area contributed by atoms with Gasteiger partial charge in [0.15, 0.2) is 0 Å². The van der Waals surface area contributed by atoms with Crippen molar-refractivity contribution in [2.75, 3.05) is 5.73 Å². The summed E-state index contributed by atoms with van der Waals surface area (Å²) in [6.45, 7) is 4.08. The van der Waals surface area contributed by atoms with E-state index < -0.39 is 0 Å². The van der Waals surface area contributed by atoms with Crippen LogP contribution in [0.2, 0.25) is 0 Å². The third kappa shape index (κ3) is 2.09. The van der Waals surface area contributed by atoms with Crippen molar-refractivity contribution >= 4 is 17.2 Å². The molecule has 0 aliphatic rings. The van der Waals surface area contributed by atoms with Crippen molar-refractivity contribution in [3.8, 4) is 16.5 Å². The quantitative estimate of drug-likeness (QED) is 0.915. The van der Waals surface area contributed by atoms with E-state index in [9.17, 15) is 5.26 Å². The summed E-state index contributed by atoms with van der Waals surface area (Å²) in [5, 5.41) is 11.3. The number of pyridine rings is 1. The normalized spacial score (nSPS) is 10.3. The first-order valence-electron chi connectivity index (χ1n) is 5.92. The number of hydrogen-bond donors (Lipinski definition) is 1. The molecule has 0 saturated heterocycles. The number of anilines is 1. The molecule has 0 unspecified atom stereocenters. The van der Waals surface area contributed by atoms with Crippen LogP contribution in [0.15, 0.2) is 17.5 Å². The second-order valence-electron chi connectivity index (χ2n) is 4.15. The zero-order chi connectivity index (χ0) is 13.1. The van der Waals surface area contributed by atoms with E-state index in [2.05, 4.69) is 18.0 Å². The summed E-state index contributed by atoms with van der Waals surface area (Å²) in [5.74, 6) is 0.332. The predicted octanol–water partition coefficient (Wildman–Crippen LogP) is 3.52. The molecule has 0 aliphatic carbocycles. The number of thiophene rings is 1. The summed E-state index contributed by atoms with van der Waals surface area (Å²) in [6.07, 6.45) is 1.94. The lowest BCUT2D eigenvalue weighted by atomic mass is 9.96. The molecule has 2 N–H and O–H groups in total. The number of aromatic nitrogens is 1. The average Bonchev–Trinajstić information content (AvgIpc) is 2.85. The predicted molar refractivity (Wildman–Crippen MR) is 75.4 cm³/mol. The monoisotopic (exact) mass is 257 g/mol. The fraction of sp³-hybridized carbons (Fsp3) is 0.286. The van der Waals surface area contributed by atoms with Crippen LogP contribution in [0.5, 0.6) is 0 Å². The lowest BCUT2D eigenvalue weighted by Gasteiger charge is -2.13. The smallest absolute Gasteiger partial charge is 0.142 e. The van der Waals surface area contributed by atoms with Crippen LogP contribution in [-0.2, 0) is 6.42 Å². The molecule has 4 heteroatoms. The molecule has 0 spiro atoms. The van der Waals surface area contributed by atoms with E-state index in [1.807, 2.05) is 24.4 Å². The Morgan fingerprint density at radius 3 is 2.83 bits per heavy atom. The molecular weight excluding hydrogens is 242 g/mol. The lowest BCUT2D eigenvalue weighted by Crippen LogP contribution is -2.04. The van der Waals surface area contributed by atoms with Gasteiger partial charge in [-0.25, -0.2) is 4.98 Å². The van der Waals surface area contributed by atoms with E-state index in [4.69, 9.17) is 5.73 Å². The van der Waals surface area contributed by atoms with Crippen molar-refractivity contribution in [2.45, 2.75) is 26.7 Å². The van der Waals surface area contributed by atoms with Gasteiger partial charge in [0.25, 0.3) is 0 Å². The molecule has 2 rings (SSSR count). The molecule has 0 bridgehead atoms. The molecule has 2 heterocycles. The van der Waals surface area contributed by atoms with Gasteiger partial charge in [0.2, 0.25) is 0 Å². The van der Waals surface area contributed by atoms with Crippen molar-refractivity contribution < 1.29 is 0 Å². The third-order valence-electron chi connectivity index (χ3n) is 2.91. The van der Waals surface area contributed by atoms with Crippen molar-refractivity contribution in [2.24, 2.45) is 0 Å². The minimum atomic E-state index is 0.332. The van der Waals surface area contributed by atoms with Gasteiger partial charge in [0.05, 0.1) is 0 Å². The number of nitriles is 1. The van der Waals surface area contributed by atoms with Crippen molar-refractivity contribution in [3.63, 3.8) is 0 Å². The summed E-state index contributed by atoms with van der Waals surface area (Å²) in [5.41, 5.74) is 9.42. The summed E-state index contributed by atoms with van der Waals surface area (Å²) in [7, 11) is 0. The maximum absolute atomic E-state index is 9.32. The maximum Gasteiger partial charge on any atom is 0.142 e. The fourth-order valence-corrected chi connectivity index (χ4v) is 2.93. The molecule has 92 valence electrons. The fourth-order valence-electron chi connectivity index (χ4n) is 2.13. The number of nitrogens with two attached hydrogens (primary N) is 1. The van der Waals surface area contributed by atoms with Gasteiger partial charge in [-0.2, -0.15) is 5.26 Å². The Bertz CT molecular complexity index is 594. The number of rotatable bonds is 3. The molecule has 2 aromatic heterocycles. The summed E-state index contributed by atoms with van der Waals surface area (Å²) in [6, 6.07) is 6.21. The van der Waals surface area contributed by atoms with E-state index in [1.165, 1.54) is 0 Å². The summed E-state index contributed by atoms with van der Waals surface area (Å²) in [4.78, 5) is 5.38. The first-order valence-corrected chi connectivity index (χ1v) is 6.79. The largest absolute Gasteiger partial charge is 0.383 e. The number of hydrogen-bond acceptors (Lipinski definition) is 4. The van der Waals surface area contributed by atoms with E-state index in [0.29, 0.717) is 11.4 Å². The number of nitrogen functional groups attached to an aromatic ring is 1. The molecule has 0 atom stereocenters. The van der Waals surface area contributed by atoms with Crippen LogP contribution in [0.25, 0.3) is 10.4 Å². The molecule has 2 aromatic rings. The van der Waals surface area contributed by atoms with Gasteiger partial charge in [-0.15, -0.1) is 11.3 Å². The van der Waals surface area contributed by atoms with Gasteiger partial charge in [0.1, 0.15) is 17.5 Å². The lowest BCUT2D eigenvalue weighted by molar-refractivity contribution is 0.901. The maximum atomic E-state index is 9.32. The highest BCUT2D eigenvalue weighted by atomic mass is 32.1. The molecular formula is C14H15N3S. The number of aryl methyl sites for hydroxylation is 1. The Morgan fingerprint density at radius 1 is 1.50 bits per heavy atom. The second-order valence-corrected chi connectivity index (χ2v) is 5.10. The molecule has 0 aromatic carbocycles. The van der Waals surface area contributed by atoms with Crippen LogP contribution in [0.3, 0.4) is 0 Å². The van der Waals surface area contributed by atoms with E-state index in [1.54, 1.807) is 11.3 Å². The third-order valence-corrected chi connectivity index (χ3v) is 3.80. The Labute approximate surface area is 111 Å². The van der Waals surface area contributed by atoms with E-state index in [0.717, 1.165) is 34.5 Å². The topological polar surface area (TPSA) is 62.7 Å². The van der Waals surface area contributed by atoms with Crippen molar-refractivity contribution in [3.05, 3.63) is 34.3 Å². The highest BCUT2D eigenvalue weighted by molar-refractivity contribution is 7.13. The molecule has 0 fully saturated rings. The highest BCUT2D eigenvalue weighted by Gasteiger charge is 2.17. The highest BCUT2D eigenvalue weighted by Crippen LogP contribution is 2.35. The van der Waals surface area contributed by atoms with E-state index >= 15 is 0 Å². The van der Waals surface area contributed by atoms with E-state index in [-0.39, 0.29) is 0 Å². The van der Waals surface area contributed by atoms with Crippen LogP contribution in [0.1, 0.15) is 30.2 Å². The van der Waals surface area contributed by atoms with Crippen LogP contribution in [-0.4, -0.2) is 4.98 Å². The van der Waals surface area contributed by atoms with Crippen LogP contribution >= 0.6 is 11.3 Å². The molecule has 0 amide bonds. The molecule has 18 heavy (non-hydrogen) atoms. The first kappa shape index (κ1) is 12.6. The van der Waals surface area contributed by atoms with Gasteiger partial charge in [-0.3, -0.25) is 0 Å². The van der Waals surface area contributed by atoms with Gasteiger partial charge < -0.3 is 5.73 Å². The molecule has 0 radical (unpaired) electrons. The summed E-state index contributed by atoms with van der Waals surface area (Å²) >= 11 is 1.63. The van der Waals surface area contributed by atoms with Crippen LogP contribution in [0.4, 0.5) is 5.82 Å². The minimum absolute atomic E-state index is 0.332. The molecule has 3 nitrogen and oxygen atoms in total. The Kier molecular flexibility index (Phi) is 3.63. The minimum Gasteiger partial charge on any atom is -0.383 e. The van der Waals surface area contributed by atoms with Gasteiger partial charge in [0, 0.05) is 16.1 Å². The average molecular weight is 257 g/mol. The van der Waals surface area contributed by atoms with Crippen molar-refractivity contribution in [1.82, 2.24) is 4.98 Å². The Hall–Kier alpha value is -1.86. The molecule has 0 aliphatic heterocycles. The second kappa shape index (κ2) is 5.19. The Morgan fingerprint density at radius 2 is 2.28 bits per heavy atom. The number of nitrogens with zero attached hydrogens (tertiary/aromatic N) is 2. The zero-order valence-corrected chi connectivity index (χ0v) is 11.3. The van der Waals surface area contributed by atoms with Gasteiger partial charge in [-0.1, -0.05) is 19.4 Å².